The van der Waals surface area contributed by atoms with E-state index in [1.807, 2.05) is 31.2 Å². The molecule has 0 unspecified atom stereocenters. The van der Waals surface area contributed by atoms with Gasteiger partial charge in [-0.15, -0.1) is 0 Å². The average molecular weight is 397 g/mol. The van der Waals surface area contributed by atoms with Gasteiger partial charge in [-0.1, -0.05) is 30.5 Å². The molecule has 0 spiro atoms. The van der Waals surface area contributed by atoms with Gasteiger partial charge < -0.3 is 15.0 Å². The van der Waals surface area contributed by atoms with Gasteiger partial charge >= 0.3 is 0 Å². The first-order chi connectivity index (χ1) is 14.0. The molecule has 1 aliphatic heterocycles. The summed E-state index contributed by atoms with van der Waals surface area (Å²) >= 11 is 0. The number of amides is 1. The zero-order chi connectivity index (χ0) is 20.6. The van der Waals surface area contributed by atoms with E-state index in [1.54, 1.807) is 12.1 Å². The quantitative estimate of drug-likeness (QED) is 0.432. The summed E-state index contributed by atoms with van der Waals surface area (Å²) in [7, 11) is 0. The van der Waals surface area contributed by atoms with E-state index in [0.29, 0.717) is 18.8 Å². The van der Waals surface area contributed by atoms with Crippen LogP contribution in [0.5, 0.6) is 5.75 Å². The molecule has 1 N–H and O–H groups in total. The third-order valence-electron chi connectivity index (χ3n) is 5.06. The highest BCUT2D eigenvalue weighted by atomic mass is 16.6. The van der Waals surface area contributed by atoms with Crippen molar-refractivity contribution in [3.63, 3.8) is 0 Å². The predicted molar refractivity (Wildman–Crippen MR) is 113 cm³/mol. The number of hydrogen-bond donors (Lipinski definition) is 1. The molecule has 7 nitrogen and oxygen atoms in total. The summed E-state index contributed by atoms with van der Waals surface area (Å²) in [6.45, 7) is 4.25. The number of nitrogens with zero attached hydrogens (tertiary/aromatic N) is 2. The summed E-state index contributed by atoms with van der Waals surface area (Å²) in [5, 5.41) is 14.3. The van der Waals surface area contributed by atoms with Gasteiger partial charge in [0.05, 0.1) is 11.5 Å². The number of aryl methyl sites for hydroxylation is 1. The minimum absolute atomic E-state index is 0.0181. The maximum absolute atomic E-state index is 12.4. The van der Waals surface area contributed by atoms with Gasteiger partial charge in [0.1, 0.15) is 18.0 Å². The van der Waals surface area contributed by atoms with Crippen molar-refractivity contribution in [1.82, 2.24) is 5.32 Å². The van der Waals surface area contributed by atoms with E-state index >= 15 is 0 Å². The van der Waals surface area contributed by atoms with Crippen LogP contribution in [0, 0.1) is 17.0 Å². The number of nitro benzene ring substituents is 1. The molecular weight excluding hydrogens is 370 g/mol. The number of carbonyl (C=O) groups excluding carboxylic acids is 1. The smallest absolute Gasteiger partial charge is 0.293 e. The van der Waals surface area contributed by atoms with Crippen LogP contribution in [-0.4, -0.2) is 37.1 Å². The van der Waals surface area contributed by atoms with Crippen molar-refractivity contribution in [2.24, 2.45) is 0 Å². The predicted octanol–water partition coefficient (Wildman–Crippen LogP) is 4.09. The van der Waals surface area contributed by atoms with Gasteiger partial charge in [-0.2, -0.15) is 0 Å². The topological polar surface area (TPSA) is 84.7 Å². The van der Waals surface area contributed by atoms with Crippen molar-refractivity contribution < 1.29 is 14.5 Å². The summed E-state index contributed by atoms with van der Waals surface area (Å²) in [5.74, 6) is 0.394. The van der Waals surface area contributed by atoms with Crippen molar-refractivity contribution in [1.29, 1.82) is 0 Å². The van der Waals surface area contributed by atoms with Gasteiger partial charge in [0, 0.05) is 24.7 Å². The highest BCUT2D eigenvalue weighted by molar-refractivity contribution is 5.95. The lowest BCUT2D eigenvalue weighted by Crippen LogP contribution is -2.28. The number of rotatable bonds is 7. The molecule has 0 saturated carbocycles. The summed E-state index contributed by atoms with van der Waals surface area (Å²) in [5.41, 5.74) is 2.01. The number of nitrogens with one attached hydrogen (secondary N) is 1. The van der Waals surface area contributed by atoms with E-state index in [9.17, 15) is 14.9 Å². The first-order valence-electron chi connectivity index (χ1n) is 10.1. The van der Waals surface area contributed by atoms with Gasteiger partial charge in [0.15, 0.2) is 0 Å². The molecular formula is C22H27N3O4. The fraction of sp³-hybridized carbons (Fsp3) is 0.409. The van der Waals surface area contributed by atoms with Crippen LogP contribution in [0.4, 0.5) is 11.4 Å². The summed E-state index contributed by atoms with van der Waals surface area (Å²) in [4.78, 5) is 25.7. The number of carbonyl (C=O) groups is 1. The van der Waals surface area contributed by atoms with Crippen LogP contribution in [0.1, 0.15) is 41.6 Å². The fourth-order valence-corrected chi connectivity index (χ4v) is 3.46. The number of benzene rings is 2. The molecule has 0 radical (unpaired) electrons. The Morgan fingerprint density at radius 1 is 1.10 bits per heavy atom. The molecule has 1 aliphatic rings. The second kappa shape index (κ2) is 9.91. The lowest BCUT2D eigenvalue weighted by Gasteiger charge is -2.22. The Labute approximate surface area is 170 Å². The summed E-state index contributed by atoms with van der Waals surface area (Å²) < 4.78 is 5.59. The Morgan fingerprint density at radius 2 is 1.79 bits per heavy atom. The maximum Gasteiger partial charge on any atom is 0.293 e. The minimum Gasteiger partial charge on any atom is -0.492 e. The third kappa shape index (κ3) is 5.70. The molecule has 2 aromatic carbocycles. The summed E-state index contributed by atoms with van der Waals surface area (Å²) in [6.07, 6.45) is 4.35. The second-order valence-corrected chi connectivity index (χ2v) is 7.28. The van der Waals surface area contributed by atoms with E-state index in [2.05, 4.69) is 10.2 Å². The van der Waals surface area contributed by atoms with Crippen LogP contribution in [0.25, 0.3) is 0 Å². The lowest BCUT2D eigenvalue weighted by atomic mass is 10.1. The number of ether oxygens (including phenoxy) is 1. The van der Waals surface area contributed by atoms with Gasteiger partial charge in [-0.05, 0) is 44.0 Å². The van der Waals surface area contributed by atoms with Crippen LogP contribution in [-0.2, 0) is 0 Å². The molecule has 0 atom stereocenters. The molecule has 0 aromatic heterocycles. The van der Waals surface area contributed by atoms with Gasteiger partial charge in [-0.25, -0.2) is 0 Å². The molecule has 0 aliphatic carbocycles. The standard InChI is InChI=1S/C22H27N3O4/c1-17-6-9-19(10-7-17)29-15-12-23-22(26)18-8-11-20(21(16-18)25(27)28)24-13-4-2-3-5-14-24/h6-11,16H,2-5,12-15H2,1H3,(H,23,26). The van der Waals surface area contributed by atoms with Crippen LogP contribution in [0.15, 0.2) is 42.5 Å². The third-order valence-corrected chi connectivity index (χ3v) is 5.06. The lowest BCUT2D eigenvalue weighted by molar-refractivity contribution is -0.384. The highest BCUT2D eigenvalue weighted by Crippen LogP contribution is 2.31. The highest BCUT2D eigenvalue weighted by Gasteiger charge is 2.22. The molecule has 154 valence electrons. The average Bonchev–Trinajstić information content (AvgIpc) is 3.01. The Bertz CT molecular complexity index is 844. The van der Waals surface area contributed by atoms with Crippen molar-refractivity contribution in [2.75, 3.05) is 31.1 Å². The van der Waals surface area contributed by atoms with Gasteiger partial charge in [0.25, 0.3) is 11.6 Å². The van der Waals surface area contributed by atoms with Crippen LogP contribution in [0.2, 0.25) is 0 Å². The molecule has 1 fully saturated rings. The second-order valence-electron chi connectivity index (χ2n) is 7.28. The van der Waals surface area contributed by atoms with Gasteiger partial charge in [0.2, 0.25) is 0 Å². The van der Waals surface area contributed by atoms with Gasteiger partial charge in [-0.3, -0.25) is 14.9 Å². The van der Waals surface area contributed by atoms with E-state index in [-0.39, 0.29) is 17.2 Å². The minimum atomic E-state index is -0.405. The Hall–Kier alpha value is -3.09. The molecule has 0 bridgehead atoms. The zero-order valence-corrected chi connectivity index (χ0v) is 16.7. The SMILES string of the molecule is Cc1ccc(OCCNC(=O)c2ccc(N3CCCCCC3)c([N+](=O)[O-])c2)cc1. The van der Waals surface area contributed by atoms with E-state index < -0.39 is 4.92 Å². The summed E-state index contributed by atoms with van der Waals surface area (Å²) in [6, 6.07) is 12.4. The van der Waals surface area contributed by atoms with Crippen molar-refractivity contribution >= 4 is 17.3 Å². The van der Waals surface area contributed by atoms with Crippen LogP contribution >= 0.6 is 0 Å². The van der Waals surface area contributed by atoms with E-state index in [0.717, 1.165) is 50.1 Å². The Kier molecular flexibility index (Phi) is 7.05. The maximum atomic E-state index is 12.4. The Balaban J connectivity index is 1.60. The molecule has 3 rings (SSSR count). The van der Waals surface area contributed by atoms with E-state index in [1.165, 1.54) is 6.07 Å². The normalized spacial score (nSPS) is 14.2. The number of hydrogen-bond acceptors (Lipinski definition) is 5. The zero-order valence-electron chi connectivity index (χ0n) is 16.7. The molecule has 29 heavy (non-hydrogen) atoms. The molecule has 1 saturated heterocycles. The van der Waals surface area contributed by atoms with E-state index in [4.69, 9.17) is 4.74 Å². The first-order valence-corrected chi connectivity index (χ1v) is 10.1. The monoisotopic (exact) mass is 397 g/mol. The van der Waals surface area contributed by atoms with Crippen molar-refractivity contribution in [3.05, 3.63) is 63.7 Å². The fourth-order valence-electron chi connectivity index (χ4n) is 3.46. The molecule has 2 aromatic rings. The first kappa shape index (κ1) is 20.6. The molecule has 7 heteroatoms. The van der Waals surface area contributed by atoms with Crippen molar-refractivity contribution in [2.45, 2.75) is 32.6 Å². The largest absolute Gasteiger partial charge is 0.492 e. The van der Waals surface area contributed by atoms with Crippen LogP contribution in [0.3, 0.4) is 0 Å². The Morgan fingerprint density at radius 3 is 2.45 bits per heavy atom. The molecule has 1 heterocycles. The number of nitro groups is 1. The van der Waals surface area contributed by atoms with Crippen molar-refractivity contribution in [3.8, 4) is 5.75 Å². The molecule has 1 amide bonds. The number of anilines is 1. The van der Waals surface area contributed by atoms with Crippen LogP contribution < -0.4 is 15.0 Å².